The quantitative estimate of drug-likeness (QED) is 0.540. The van der Waals surface area contributed by atoms with E-state index in [1.165, 1.54) is 48.5 Å². The lowest BCUT2D eigenvalue weighted by atomic mass is 10.1. The van der Waals surface area contributed by atoms with Crippen LogP contribution in [0.3, 0.4) is 0 Å². The zero-order valence-corrected chi connectivity index (χ0v) is 19.8. The van der Waals surface area contributed by atoms with Crippen LogP contribution in [0.2, 0.25) is 0 Å². The molecule has 1 saturated heterocycles. The lowest BCUT2D eigenvalue weighted by molar-refractivity contribution is 0.0176. The summed E-state index contributed by atoms with van der Waals surface area (Å²) in [5.41, 5.74) is 1.40. The SMILES string of the molecule is Cc1cc(OC2CN(C(=O)c3ccc(NS(=O)(=O)c4ccccc4F)cc3)C2)cc(=O)n1C1CC1. The maximum atomic E-state index is 13.9. The number of aromatic nitrogens is 1. The van der Waals surface area contributed by atoms with Gasteiger partial charge in [-0.15, -0.1) is 0 Å². The van der Waals surface area contributed by atoms with Crippen LogP contribution in [-0.2, 0) is 10.0 Å². The number of ether oxygens (including phenoxy) is 1. The summed E-state index contributed by atoms with van der Waals surface area (Å²) < 4.78 is 48.7. The van der Waals surface area contributed by atoms with Crippen LogP contribution in [0.15, 0.2) is 70.4 Å². The molecule has 2 heterocycles. The summed E-state index contributed by atoms with van der Waals surface area (Å²) >= 11 is 0. The predicted octanol–water partition coefficient (Wildman–Crippen LogP) is 3.33. The van der Waals surface area contributed by atoms with Gasteiger partial charge >= 0.3 is 0 Å². The molecule has 3 aromatic rings. The van der Waals surface area contributed by atoms with Gasteiger partial charge in [0.15, 0.2) is 0 Å². The summed E-state index contributed by atoms with van der Waals surface area (Å²) in [6.07, 6.45) is 1.85. The number of sulfonamides is 1. The van der Waals surface area contributed by atoms with Gasteiger partial charge in [0.05, 0.1) is 13.1 Å². The highest BCUT2D eigenvalue weighted by atomic mass is 32.2. The van der Waals surface area contributed by atoms with Gasteiger partial charge in [-0.1, -0.05) is 12.1 Å². The van der Waals surface area contributed by atoms with Gasteiger partial charge in [-0.3, -0.25) is 14.3 Å². The number of nitrogens with one attached hydrogen (secondary N) is 1. The average molecular weight is 498 g/mol. The monoisotopic (exact) mass is 497 g/mol. The van der Waals surface area contributed by atoms with E-state index >= 15 is 0 Å². The third-order valence-corrected chi connectivity index (χ3v) is 7.51. The van der Waals surface area contributed by atoms with Crippen molar-refractivity contribution in [2.24, 2.45) is 0 Å². The zero-order valence-electron chi connectivity index (χ0n) is 19.0. The molecule has 0 radical (unpaired) electrons. The summed E-state index contributed by atoms with van der Waals surface area (Å²) in [6, 6.07) is 14.7. The van der Waals surface area contributed by atoms with Crippen LogP contribution in [0, 0.1) is 12.7 Å². The number of hydrogen-bond donors (Lipinski definition) is 1. The molecule has 10 heteroatoms. The number of pyridine rings is 1. The minimum atomic E-state index is -4.09. The van der Waals surface area contributed by atoms with E-state index in [0.29, 0.717) is 30.4 Å². The average Bonchev–Trinajstić information content (AvgIpc) is 3.60. The molecule has 5 rings (SSSR count). The summed E-state index contributed by atoms with van der Waals surface area (Å²) in [5, 5.41) is 0. The van der Waals surface area contributed by atoms with Crippen LogP contribution >= 0.6 is 0 Å². The molecule has 1 N–H and O–H groups in total. The Balaban J connectivity index is 1.18. The Kier molecular flexibility index (Phi) is 5.84. The molecule has 182 valence electrons. The molecule has 2 fully saturated rings. The largest absolute Gasteiger partial charge is 0.486 e. The van der Waals surface area contributed by atoms with Gasteiger partial charge in [-0.25, -0.2) is 12.8 Å². The van der Waals surface area contributed by atoms with Crippen LogP contribution < -0.4 is 15.0 Å². The maximum absolute atomic E-state index is 13.9. The molecular formula is C25H24FN3O5S. The van der Waals surface area contributed by atoms with Gasteiger partial charge in [-0.05, 0) is 62.2 Å². The van der Waals surface area contributed by atoms with Gasteiger partial charge in [0, 0.05) is 29.1 Å². The minimum absolute atomic E-state index is 0.0690. The van der Waals surface area contributed by atoms with Crippen molar-refractivity contribution in [1.82, 2.24) is 9.47 Å². The highest BCUT2D eigenvalue weighted by molar-refractivity contribution is 7.92. The van der Waals surface area contributed by atoms with Crippen molar-refractivity contribution in [3.8, 4) is 5.75 Å². The number of amides is 1. The Bertz CT molecular complexity index is 1440. The molecule has 0 bridgehead atoms. The molecule has 8 nitrogen and oxygen atoms in total. The lowest BCUT2D eigenvalue weighted by Gasteiger charge is -2.39. The van der Waals surface area contributed by atoms with Crippen LogP contribution in [0.25, 0.3) is 0 Å². The number of nitrogens with zero attached hydrogens (tertiary/aromatic N) is 2. The van der Waals surface area contributed by atoms with Gasteiger partial charge in [0.2, 0.25) is 0 Å². The molecule has 1 aromatic heterocycles. The van der Waals surface area contributed by atoms with Crippen molar-refractivity contribution in [3.05, 3.63) is 88.1 Å². The Morgan fingerprint density at radius 1 is 1.06 bits per heavy atom. The van der Waals surface area contributed by atoms with Gasteiger partial charge in [-0.2, -0.15) is 0 Å². The normalized spacial score (nSPS) is 16.0. The van der Waals surface area contributed by atoms with Crippen LogP contribution in [0.5, 0.6) is 5.75 Å². The fourth-order valence-electron chi connectivity index (χ4n) is 4.16. The Morgan fingerprint density at radius 2 is 1.74 bits per heavy atom. The smallest absolute Gasteiger partial charge is 0.264 e. The molecular weight excluding hydrogens is 473 g/mol. The van der Waals surface area contributed by atoms with E-state index in [4.69, 9.17) is 4.74 Å². The highest BCUT2D eigenvalue weighted by Crippen LogP contribution is 2.35. The molecule has 0 spiro atoms. The topological polar surface area (TPSA) is 97.7 Å². The first-order chi connectivity index (χ1) is 16.7. The van der Waals surface area contributed by atoms with E-state index in [1.54, 1.807) is 9.47 Å². The second-order valence-electron chi connectivity index (χ2n) is 8.84. The molecule has 2 aliphatic rings. The Morgan fingerprint density at radius 3 is 2.37 bits per heavy atom. The number of anilines is 1. The van der Waals surface area contributed by atoms with Crippen LogP contribution in [0.4, 0.5) is 10.1 Å². The molecule has 0 atom stereocenters. The van der Waals surface area contributed by atoms with E-state index in [2.05, 4.69) is 4.72 Å². The fourth-order valence-corrected chi connectivity index (χ4v) is 5.30. The van der Waals surface area contributed by atoms with E-state index in [-0.39, 0.29) is 23.3 Å². The first kappa shape index (κ1) is 23.1. The Labute approximate surface area is 202 Å². The third kappa shape index (κ3) is 4.79. The van der Waals surface area contributed by atoms with E-state index in [0.717, 1.165) is 24.6 Å². The molecule has 1 aliphatic carbocycles. The van der Waals surface area contributed by atoms with Crippen molar-refractivity contribution in [2.75, 3.05) is 17.8 Å². The summed E-state index contributed by atoms with van der Waals surface area (Å²) in [7, 11) is -4.09. The Hall–Kier alpha value is -3.66. The van der Waals surface area contributed by atoms with Crippen LogP contribution in [-0.4, -0.2) is 43.0 Å². The maximum Gasteiger partial charge on any atom is 0.264 e. The van der Waals surface area contributed by atoms with E-state index in [9.17, 15) is 22.4 Å². The van der Waals surface area contributed by atoms with Gasteiger partial charge < -0.3 is 14.2 Å². The zero-order chi connectivity index (χ0) is 24.7. The van der Waals surface area contributed by atoms with Crippen molar-refractivity contribution >= 4 is 21.6 Å². The molecule has 1 amide bonds. The molecule has 1 aliphatic heterocycles. The second kappa shape index (κ2) is 8.84. The number of likely N-dealkylation sites (tertiary alicyclic amines) is 1. The predicted molar refractivity (Wildman–Crippen MR) is 128 cm³/mol. The van der Waals surface area contributed by atoms with E-state index < -0.39 is 20.7 Å². The third-order valence-electron chi connectivity index (χ3n) is 6.09. The standard InChI is InChI=1S/C25H24FN3O5S/c1-16-12-20(13-24(30)29(16)19-10-11-19)34-21-14-28(15-21)25(31)17-6-8-18(9-7-17)27-35(32,33)23-5-3-2-4-22(23)26/h2-9,12-13,19,21,27H,10-11,14-15H2,1H3. The van der Waals surface area contributed by atoms with Crippen molar-refractivity contribution < 1.29 is 22.3 Å². The highest BCUT2D eigenvalue weighted by Gasteiger charge is 2.33. The summed E-state index contributed by atoms with van der Waals surface area (Å²) in [5.74, 6) is -0.553. The summed E-state index contributed by atoms with van der Waals surface area (Å²) in [6.45, 7) is 2.65. The van der Waals surface area contributed by atoms with Crippen LogP contribution in [0.1, 0.15) is 34.9 Å². The number of hydrogen-bond acceptors (Lipinski definition) is 5. The van der Waals surface area contributed by atoms with Crippen molar-refractivity contribution in [1.29, 1.82) is 0 Å². The molecule has 0 unspecified atom stereocenters. The molecule has 1 saturated carbocycles. The number of aryl methyl sites for hydroxylation is 1. The number of rotatable bonds is 7. The van der Waals surface area contributed by atoms with Crippen molar-refractivity contribution in [3.63, 3.8) is 0 Å². The summed E-state index contributed by atoms with van der Waals surface area (Å²) in [4.78, 5) is 26.3. The first-order valence-electron chi connectivity index (χ1n) is 11.3. The number of benzene rings is 2. The van der Waals surface area contributed by atoms with Gasteiger partial charge in [0.25, 0.3) is 21.5 Å². The van der Waals surface area contributed by atoms with Gasteiger partial charge in [0.1, 0.15) is 22.6 Å². The number of carbonyl (C=O) groups excluding carboxylic acids is 1. The lowest BCUT2D eigenvalue weighted by Crippen LogP contribution is -2.56. The second-order valence-corrected chi connectivity index (χ2v) is 10.5. The number of halogens is 1. The van der Waals surface area contributed by atoms with Crippen molar-refractivity contribution in [2.45, 2.75) is 36.8 Å². The minimum Gasteiger partial charge on any atom is -0.486 e. The molecule has 35 heavy (non-hydrogen) atoms. The van der Waals surface area contributed by atoms with E-state index in [1.807, 2.05) is 13.0 Å². The fraction of sp³-hybridized carbons (Fsp3) is 0.280. The number of carbonyl (C=O) groups is 1. The molecule has 2 aromatic carbocycles. The first-order valence-corrected chi connectivity index (χ1v) is 12.8.